The van der Waals surface area contributed by atoms with Crippen LogP contribution >= 0.6 is 0 Å². The number of aryl methyl sites for hydroxylation is 2. The van der Waals surface area contributed by atoms with Crippen molar-refractivity contribution in [3.05, 3.63) is 72.3 Å². The zero-order chi connectivity index (χ0) is 16.6. The Labute approximate surface area is 132 Å². The molecule has 2 nitrogen and oxygen atoms in total. The van der Waals surface area contributed by atoms with Crippen molar-refractivity contribution in [3.63, 3.8) is 0 Å². The number of halogens is 3. The number of aromatic nitrogens is 2. The van der Waals surface area contributed by atoms with Crippen LogP contribution in [0.4, 0.5) is 13.2 Å². The van der Waals surface area contributed by atoms with E-state index in [1.165, 1.54) is 6.07 Å². The highest BCUT2D eigenvalue weighted by atomic mass is 19.2. The van der Waals surface area contributed by atoms with Crippen LogP contribution in [0.15, 0.2) is 54.9 Å². The van der Waals surface area contributed by atoms with Gasteiger partial charge in [-0.05, 0) is 18.2 Å². The fourth-order valence-corrected chi connectivity index (χ4v) is 2.58. The Morgan fingerprint density at radius 3 is 1.48 bits per heavy atom. The Kier molecular flexibility index (Phi) is 3.86. The molecule has 0 radical (unpaired) electrons. The van der Waals surface area contributed by atoms with E-state index in [1.54, 1.807) is 72.0 Å². The van der Waals surface area contributed by atoms with Crippen molar-refractivity contribution in [2.45, 2.75) is 0 Å². The summed E-state index contributed by atoms with van der Waals surface area (Å²) in [5.41, 5.74) is 0.962. The van der Waals surface area contributed by atoms with Gasteiger partial charge in [-0.3, -0.25) is 0 Å². The fraction of sp³-hybridized carbons (Fsp3) is 0.111. The van der Waals surface area contributed by atoms with Crippen LogP contribution in [0, 0.1) is 17.5 Å². The maximum atomic E-state index is 14.3. The van der Waals surface area contributed by atoms with Crippen molar-refractivity contribution in [2.75, 3.05) is 0 Å². The third kappa shape index (κ3) is 2.59. The lowest BCUT2D eigenvalue weighted by Gasteiger charge is -2.08. The number of hydrogen-bond donors (Lipinski definition) is 0. The molecular formula is C18H15F3N2+2. The smallest absolute Gasteiger partial charge is 0.203 e. The van der Waals surface area contributed by atoms with E-state index in [-0.39, 0.29) is 11.1 Å². The van der Waals surface area contributed by atoms with Gasteiger partial charge in [-0.15, -0.1) is 0 Å². The van der Waals surface area contributed by atoms with Crippen molar-refractivity contribution in [2.24, 2.45) is 14.1 Å². The lowest BCUT2D eigenvalue weighted by molar-refractivity contribution is -0.660. The highest BCUT2D eigenvalue weighted by molar-refractivity contribution is 5.68. The molecule has 0 atom stereocenters. The number of hydrogen-bond acceptors (Lipinski definition) is 0. The molecule has 0 unspecified atom stereocenters. The zero-order valence-electron chi connectivity index (χ0n) is 12.7. The van der Waals surface area contributed by atoms with E-state index in [0.29, 0.717) is 11.4 Å². The Bertz CT molecular complexity index is 822. The minimum atomic E-state index is -1.47. The SMILES string of the molecule is C[n+]1ccccc1-c1cc(-c2cccc[n+]2C)c(F)c(F)c1F. The van der Waals surface area contributed by atoms with Crippen molar-refractivity contribution >= 4 is 0 Å². The van der Waals surface area contributed by atoms with Gasteiger partial charge in [0.2, 0.25) is 11.4 Å². The first kappa shape index (κ1) is 15.2. The summed E-state index contributed by atoms with van der Waals surface area (Å²) in [5.74, 6) is -3.84. The second-order valence-corrected chi connectivity index (χ2v) is 5.31. The predicted molar refractivity (Wildman–Crippen MR) is 79.5 cm³/mol. The van der Waals surface area contributed by atoms with Gasteiger partial charge in [-0.1, -0.05) is 0 Å². The number of nitrogens with zero attached hydrogens (tertiary/aromatic N) is 2. The van der Waals surface area contributed by atoms with Crippen LogP contribution in [0.1, 0.15) is 0 Å². The average Bonchev–Trinajstić information content (AvgIpc) is 2.55. The Hall–Kier alpha value is -2.69. The van der Waals surface area contributed by atoms with Gasteiger partial charge in [-0.2, -0.15) is 0 Å². The van der Waals surface area contributed by atoms with Crippen LogP contribution in [-0.2, 0) is 14.1 Å². The molecule has 0 N–H and O–H groups in total. The van der Waals surface area contributed by atoms with Gasteiger partial charge in [0.15, 0.2) is 29.8 Å². The molecule has 0 aliphatic heterocycles. The molecule has 5 heteroatoms. The van der Waals surface area contributed by atoms with Crippen molar-refractivity contribution in [1.29, 1.82) is 0 Å². The number of benzene rings is 1. The van der Waals surface area contributed by atoms with Gasteiger partial charge in [0.1, 0.15) is 14.1 Å². The monoisotopic (exact) mass is 316 g/mol. The van der Waals surface area contributed by atoms with Gasteiger partial charge in [-0.25, -0.2) is 22.3 Å². The topological polar surface area (TPSA) is 7.76 Å². The molecule has 0 saturated heterocycles. The lowest BCUT2D eigenvalue weighted by atomic mass is 10.0. The molecule has 0 aliphatic carbocycles. The van der Waals surface area contributed by atoms with Gasteiger partial charge >= 0.3 is 0 Å². The molecule has 3 aromatic rings. The van der Waals surface area contributed by atoms with E-state index >= 15 is 0 Å². The molecule has 2 heterocycles. The second-order valence-electron chi connectivity index (χ2n) is 5.31. The number of rotatable bonds is 2. The Balaban J connectivity index is 2.32. The first-order valence-corrected chi connectivity index (χ1v) is 7.08. The molecule has 1 aromatic carbocycles. The second kappa shape index (κ2) is 5.83. The highest BCUT2D eigenvalue weighted by Gasteiger charge is 2.26. The summed E-state index contributed by atoms with van der Waals surface area (Å²) in [6.07, 6.45) is 3.44. The molecule has 23 heavy (non-hydrogen) atoms. The fourth-order valence-electron chi connectivity index (χ4n) is 2.58. The predicted octanol–water partition coefficient (Wildman–Crippen LogP) is 3.09. The maximum absolute atomic E-state index is 14.3. The highest BCUT2D eigenvalue weighted by Crippen LogP contribution is 2.30. The standard InChI is InChI=1S/C18H15F3N2/c1-22-9-5-3-7-14(22)12-11-13(17(20)18(21)16(12)19)15-8-4-6-10-23(15)2/h3-11H,1-2H3/q+2. The van der Waals surface area contributed by atoms with Gasteiger partial charge in [0.25, 0.3) is 0 Å². The quantitative estimate of drug-likeness (QED) is 0.507. The minimum absolute atomic E-state index is 0.0193. The summed E-state index contributed by atoms with van der Waals surface area (Å²) in [5, 5.41) is 0. The summed E-state index contributed by atoms with van der Waals surface area (Å²) in [6.45, 7) is 0. The molecule has 0 saturated carbocycles. The molecule has 0 amide bonds. The third-order valence-electron chi connectivity index (χ3n) is 3.81. The molecule has 116 valence electrons. The largest absolute Gasteiger partial charge is 0.215 e. The molecule has 0 fully saturated rings. The summed E-state index contributed by atoms with van der Waals surface area (Å²) in [7, 11) is 3.44. The zero-order valence-corrected chi connectivity index (χ0v) is 12.7. The van der Waals surface area contributed by atoms with Crippen LogP contribution in [0.5, 0.6) is 0 Å². The van der Waals surface area contributed by atoms with Crippen LogP contribution in [0.3, 0.4) is 0 Å². The van der Waals surface area contributed by atoms with E-state index in [0.717, 1.165) is 0 Å². The van der Waals surface area contributed by atoms with E-state index in [9.17, 15) is 13.2 Å². The van der Waals surface area contributed by atoms with Gasteiger partial charge in [0, 0.05) is 24.3 Å². The summed E-state index contributed by atoms with van der Waals surface area (Å²) >= 11 is 0. The summed E-state index contributed by atoms with van der Waals surface area (Å²) in [4.78, 5) is 0. The van der Waals surface area contributed by atoms with E-state index < -0.39 is 17.5 Å². The average molecular weight is 316 g/mol. The van der Waals surface area contributed by atoms with E-state index in [2.05, 4.69) is 0 Å². The first-order valence-electron chi connectivity index (χ1n) is 7.08. The van der Waals surface area contributed by atoms with Crippen molar-refractivity contribution in [1.82, 2.24) is 0 Å². The van der Waals surface area contributed by atoms with Crippen LogP contribution in [0.2, 0.25) is 0 Å². The molecule has 3 rings (SSSR count). The Morgan fingerprint density at radius 1 is 0.652 bits per heavy atom. The molecule has 0 aliphatic rings. The minimum Gasteiger partial charge on any atom is -0.203 e. The van der Waals surface area contributed by atoms with E-state index in [4.69, 9.17) is 0 Å². The molecule has 0 spiro atoms. The summed E-state index contributed by atoms with van der Waals surface area (Å²) in [6, 6.07) is 11.7. The third-order valence-corrected chi connectivity index (χ3v) is 3.81. The number of pyridine rings is 2. The first-order chi connectivity index (χ1) is 11.0. The maximum Gasteiger partial charge on any atom is 0.215 e. The molecule has 0 bridgehead atoms. The van der Waals surface area contributed by atoms with Gasteiger partial charge < -0.3 is 0 Å². The van der Waals surface area contributed by atoms with Crippen molar-refractivity contribution < 1.29 is 22.3 Å². The normalized spacial score (nSPS) is 10.8. The van der Waals surface area contributed by atoms with Crippen LogP contribution in [-0.4, -0.2) is 0 Å². The molecular weight excluding hydrogens is 301 g/mol. The lowest BCUT2D eigenvalue weighted by Crippen LogP contribution is -2.31. The van der Waals surface area contributed by atoms with Crippen molar-refractivity contribution in [3.8, 4) is 22.5 Å². The molecule has 2 aromatic heterocycles. The van der Waals surface area contributed by atoms with Gasteiger partial charge in [0.05, 0.1) is 11.1 Å². The van der Waals surface area contributed by atoms with Crippen LogP contribution < -0.4 is 9.13 Å². The van der Waals surface area contributed by atoms with Crippen LogP contribution in [0.25, 0.3) is 22.5 Å². The Morgan fingerprint density at radius 2 is 1.09 bits per heavy atom. The van der Waals surface area contributed by atoms with E-state index in [1.807, 2.05) is 0 Å². The summed E-state index contributed by atoms with van der Waals surface area (Å²) < 4.78 is 46.0.